The minimum atomic E-state index is -0.426. The Morgan fingerprint density at radius 2 is 2.17 bits per heavy atom. The highest BCUT2D eigenvalue weighted by Crippen LogP contribution is 2.25. The first kappa shape index (κ1) is 12.5. The fourth-order valence-corrected chi connectivity index (χ4v) is 2.39. The number of hydrogen-bond acceptors (Lipinski definition) is 5. The largest absolute Gasteiger partial charge is 0.359 e. The molecule has 18 heavy (non-hydrogen) atoms. The predicted molar refractivity (Wildman–Crippen MR) is 72.0 cm³/mol. The van der Waals surface area contributed by atoms with Crippen LogP contribution in [0.15, 0.2) is 36.5 Å². The van der Waals surface area contributed by atoms with Crippen LogP contribution in [0.3, 0.4) is 0 Å². The highest BCUT2D eigenvalue weighted by atomic mass is 32.1. The van der Waals surface area contributed by atoms with Gasteiger partial charge in [0, 0.05) is 6.04 Å². The van der Waals surface area contributed by atoms with Crippen molar-refractivity contribution in [3.8, 4) is 0 Å². The van der Waals surface area contributed by atoms with Gasteiger partial charge in [-0.15, -0.1) is 0 Å². The van der Waals surface area contributed by atoms with Crippen LogP contribution in [0, 0.1) is 10.1 Å². The van der Waals surface area contributed by atoms with E-state index < -0.39 is 4.92 Å². The van der Waals surface area contributed by atoms with Gasteiger partial charge in [-0.3, -0.25) is 10.1 Å². The summed E-state index contributed by atoms with van der Waals surface area (Å²) in [7, 11) is 0. The van der Waals surface area contributed by atoms with Gasteiger partial charge in [0.25, 0.3) is 0 Å². The Kier molecular flexibility index (Phi) is 3.88. The SMILES string of the molecule is CC(Cc1ccccc1)Nc1ncc([N+](=O)[O-])s1. The molecule has 0 radical (unpaired) electrons. The van der Waals surface area contributed by atoms with E-state index in [4.69, 9.17) is 0 Å². The van der Waals surface area contributed by atoms with Crippen LogP contribution in [-0.4, -0.2) is 15.9 Å². The number of benzene rings is 1. The molecule has 0 saturated carbocycles. The average molecular weight is 263 g/mol. The first-order valence-electron chi connectivity index (χ1n) is 5.56. The summed E-state index contributed by atoms with van der Waals surface area (Å²) in [5, 5.41) is 14.4. The second kappa shape index (κ2) is 5.59. The summed E-state index contributed by atoms with van der Waals surface area (Å²) < 4.78 is 0. The molecule has 0 aliphatic carbocycles. The predicted octanol–water partition coefficient (Wildman–Crippen LogP) is 3.09. The second-order valence-corrected chi connectivity index (χ2v) is 5.00. The Labute approximate surface area is 109 Å². The molecule has 6 heteroatoms. The number of rotatable bonds is 5. The van der Waals surface area contributed by atoms with Crippen molar-refractivity contribution in [2.24, 2.45) is 0 Å². The normalized spacial score (nSPS) is 12.1. The molecule has 2 aromatic rings. The van der Waals surface area contributed by atoms with Crippen LogP contribution in [0.1, 0.15) is 12.5 Å². The molecule has 0 fully saturated rings. The Morgan fingerprint density at radius 1 is 1.44 bits per heavy atom. The Balaban J connectivity index is 1.94. The molecule has 1 unspecified atom stereocenters. The molecular formula is C12H13N3O2S. The molecule has 1 aromatic heterocycles. The fraction of sp³-hybridized carbons (Fsp3) is 0.250. The third-order valence-corrected chi connectivity index (χ3v) is 3.31. The van der Waals surface area contributed by atoms with Crippen molar-refractivity contribution in [2.45, 2.75) is 19.4 Å². The van der Waals surface area contributed by atoms with E-state index in [1.165, 1.54) is 11.8 Å². The minimum absolute atomic E-state index is 0.0596. The smallest absolute Gasteiger partial charge is 0.345 e. The van der Waals surface area contributed by atoms with E-state index in [0.717, 1.165) is 17.8 Å². The number of aromatic nitrogens is 1. The van der Waals surface area contributed by atoms with E-state index in [9.17, 15) is 10.1 Å². The standard InChI is InChI=1S/C12H13N3O2S/c1-9(7-10-5-3-2-4-6-10)14-12-13-8-11(18-12)15(16)17/h2-6,8-9H,7H2,1H3,(H,13,14). The van der Waals surface area contributed by atoms with Crippen LogP contribution >= 0.6 is 11.3 Å². The zero-order valence-electron chi connectivity index (χ0n) is 9.87. The van der Waals surface area contributed by atoms with Gasteiger partial charge in [0.15, 0.2) is 5.13 Å². The lowest BCUT2D eigenvalue weighted by atomic mass is 10.1. The van der Waals surface area contributed by atoms with Crippen molar-refractivity contribution < 1.29 is 4.92 Å². The van der Waals surface area contributed by atoms with E-state index >= 15 is 0 Å². The topological polar surface area (TPSA) is 68.1 Å². The van der Waals surface area contributed by atoms with Gasteiger partial charge in [-0.25, -0.2) is 4.98 Å². The summed E-state index contributed by atoms with van der Waals surface area (Å²) in [6.45, 7) is 2.03. The summed E-state index contributed by atoms with van der Waals surface area (Å²) in [5.41, 5.74) is 1.23. The average Bonchev–Trinajstić information content (AvgIpc) is 2.78. The number of nitrogens with one attached hydrogen (secondary N) is 1. The van der Waals surface area contributed by atoms with Crippen LogP contribution in [0.4, 0.5) is 10.1 Å². The molecule has 0 bridgehead atoms. The quantitative estimate of drug-likeness (QED) is 0.665. The summed E-state index contributed by atoms with van der Waals surface area (Å²) in [5.74, 6) is 0. The first-order chi connectivity index (χ1) is 8.65. The maximum Gasteiger partial charge on any atom is 0.345 e. The number of nitrogens with zero attached hydrogens (tertiary/aromatic N) is 2. The van der Waals surface area contributed by atoms with Crippen LogP contribution < -0.4 is 5.32 Å². The highest BCUT2D eigenvalue weighted by Gasteiger charge is 2.13. The van der Waals surface area contributed by atoms with Gasteiger partial charge < -0.3 is 5.32 Å². The lowest BCUT2D eigenvalue weighted by Gasteiger charge is -2.12. The van der Waals surface area contributed by atoms with Gasteiger partial charge in [-0.1, -0.05) is 30.3 Å². The summed E-state index contributed by atoms with van der Waals surface area (Å²) in [6, 6.07) is 10.3. The zero-order valence-corrected chi connectivity index (χ0v) is 10.7. The Morgan fingerprint density at radius 3 is 2.78 bits per heavy atom. The lowest BCUT2D eigenvalue weighted by Crippen LogP contribution is -2.17. The molecule has 5 nitrogen and oxygen atoms in total. The van der Waals surface area contributed by atoms with Crippen molar-refractivity contribution in [3.63, 3.8) is 0 Å². The second-order valence-electron chi connectivity index (χ2n) is 4.00. The van der Waals surface area contributed by atoms with E-state index in [2.05, 4.69) is 22.4 Å². The molecule has 1 N–H and O–H groups in total. The third-order valence-electron chi connectivity index (χ3n) is 2.43. The van der Waals surface area contributed by atoms with Crippen LogP contribution in [0.5, 0.6) is 0 Å². The van der Waals surface area contributed by atoms with Gasteiger partial charge in [0.2, 0.25) is 0 Å². The van der Waals surface area contributed by atoms with Crippen molar-refractivity contribution in [1.29, 1.82) is 0 Å². The number of anilines is 1. The van der Waals surface area contributed by atoms with Crippen LogP contribution in [-0.2, 0) is 6.42 Å². The molecule has 94 valence electrons. The first-order valence-corrected chi connectivity index (χ1v) is 6.37. The van der Waals surface area contributed by atoms with Gasteiger partial charge in [-0.2, -0.15) is 0 Å². The molecule has 1 aromatic carbocycles. The number of thiazole rings is 1. The molecule has 1 atom stereocenters. The highest BCUT2D eigenvalue weighted by molar-refractivity contribution is 7.18. The number of hydrogen-bond donors (Lipinski definition) is 1. The Hall–Kier alpha value is -1.95. The molecule has 0 saturated heterocycles. The minimum Gasteiger partial charge on any atom is -0.359 e. The maximum absolute atomic E-state index is 10.5. The summed E-state index contributed by atoms with van der Waals surface area (Å²) >= 11 is 1.06. The molecule has 1 heterocycles. The van der Waals surface area contributed by atoms with Crippen molar-refractivity contribution >= 4 is 21.5 Å². The summed E-state index contributed by atoms with van der Waals surface area (Å²) in [6.07, 6.45) is 2.14. The molecule has 0 aliphatic heterocycles. The molecular weight excluding hydrogens is 250 g/mol. The van der Waals surface area contributed by atoms with Gasteiger partial charge in [0.1, 0.15) is 6.20 Å². The van der Waals surface area contributed by atoms with E-state index in [-0.39, 0.29) is 11.0 Å². The van der Waals surface area contributed by atoms with Crippen molar-refractivity contribution in [3.05, 3.63) is 52.2 Å². The lowest BCUT2D eigenvalue weighted by molar-refractivity contribution is -0.380. The molecule has 2 rings (SSSR count). The van der Waals surface area contributed by atoms with Gasteiger partial charge in [-0.05, 0) is 30.2 Å². The van der Waals surface area contributed by atoms with Crippen LogP contribution in [0.2, 0.25) is 0 Å². The van der Waals surface area contributed by atoms with E-state index in [0.29, 0.717) is 5.13 Å². The van der Waals surface area contributed by atoms with Crippen LogP contribution in [0.25, 0.3) is 0 Å². The number of nitro groups is 1. The monoisotopic (exact) mass is 263 g/mol. The molecule has 0 aliphatic rings. The van der Waals surface area contributed by atoms with Crippen molar-refractivity contribution in [1.82, 2.24) is 4.98 Å². The Bertz CT molecular complexity index is 527. The van der Waals surface area contributed by atoms with Gasteiger partial charge in [0.05, 0.1) is 4.92 Å². The molecule has 0 spiro atoms. The summed E-state index contributed by atoms with van der Waals surface area (Å²) in [4.78, 5) is 14.1. The molecule has 0 amide bonds. The van der Waals surface area contributed by atoms with E-state index in [1.54, 1.807) is 0 Å². The van der Waals surface area contributed by atoms with Gasteiger partial charge >= 0.3 is 5.00 Å². The zero-order chi connectivity index (χ0) is 13.0. The van der Waals surface area contributed by atoms with E-state index in [1.807, 2.05) is 25.1 Å². The third kappa shape index (κ3) is 3.27. The van der Waals surface area contributed by atoms with Crippen molar-refractivity contribution in [2.75, 3.05) is 5.32 Å². The maximum atomic E-state index is 10.5. The fourth-order valence-electron chi connectivity index (χ4n) is 1.65.